The average Bonchev–Trinajstić information content (AvgIpc) is 2.41. The smallest absolute Gasteiger partial charge is 0.120 e. The number of rotatable bonds is 2. The zero-order valence-corrected chi connectivity index (χ0v) is 12.3. The van der Waals surface area contributed by atoms with Crippen LogP contribution in [0.2, 0.25) is 0 Å². The Kier molecular flexibility index (Phi) is 5.08. The predicted octanol–water partition coefficient (Wildman–Crippen LogP) is 2.23. The molecule has 0 aliphatic carbocycles. The maximum Gasteiger partial charge on any atom is 0.120 e. The van der Waals surface area contributed by atoms with Gasteiger partial charge in [-0.3, -0.25) is 0 Å². The molecular formula is C15H23ClN2O. The Hall–Kier alpha value is -0.770. The quantitative estimate of drug-likeness (QED) is 0.900. The topological polar surface area (TPSA) is 24.5 Å². The van der Waals surface area contributed by atoms with Crippen molar-refractivity contribution < 1.29 is 4.74 Å². The maximum absolute atomic E-state index is 6.12. The molecule has 0 atom stereocenters. The lowest BCUT2D eigenvalue weighted by Gasteiger charge is -2.29. The molecule has 0 spiro atoms. The molecule has 2 aliphatic heterocycles. The second kappa shape index (κ2) is 6.60. The molecule has 19 heavy (non-hydrogen) atoms. The molecule has 1 aromatic rings. The van der Waals surface area contributed by atoms with Crippen molar-refractivity contribution in [2.75, 3.05) is 26.7 Å². The molecule has 2 heterocycles. The van der Waals surface area contributed by atoms with Gasteiger partial charge in [-0.15, -0.1) is 12.4 Å². The summed E-state index contributed by atoms with van der Waals surface area (Å²) < 4.78 is 6.12. The zero-order valence-electron chi connectivity index (χ0n) is 11.5. The normalized spacial score (nSPS) is 20.5. The lowest BCUT2D eigenvalue weighted by molar-refractivity contribution is 0.114. The highest BCUT2D eigenvalue weighted by Crippen LogP contribution is 2.23. The first-order chi connectivity index (χ1) is 8.81. The first-order valence-electron chi connectivity index (χ1n) is 6.99. The molecule has 0 saturated carbocycles. The van der Waals surface area contributed by atoms with Crippen molar-refractivity contribution in [3.05, 3.63) is 29.3 Å². The van der Waals surface area contributed by atoms with E-state index < -0.39 is 0 Å². The molecule has 0 unspecified atom stereocenters. The maximum atomic E-state index is 6.12. The number of ether oxygens (including phenoxy) is 1. The molecule has 1 aromatic carbocycles. The number of nitrogens with one attached hydrogen (secondary N) is 1. The van der Waals surface area contributed by atoms with Crippen molar-refractivity contribution in [3.63, 3.8) is 0 Å². The van der Waals surface area contributed by atoms with Gasteiger partial charge in [0.25, 0.3) is 0 Å². The molecule has 4 heteroatoms. The fourth-order valence-corrected chi connectivity index (χ4v) is 2.83. The summed E-state index contributed by atoms with van der Waals surface area (Å²) in [6.45, 7) is 4.39. The number of benzene rings is 1. The van der Waals surface area contributed by atoms with Crippen LogP contribution in [0, 0.1) is 0 Å². The Morgan fingerprint density at radius 3 is 2.79 bits per heavy atom. The molecule has 3 nitrogen and oxygen atoms in total. The molecule has 1 N–H and O–H groups in total. The summed E-state index contributed by atoms with van der Waals surface area (Å²) in [4.78, 5) is 2.37. The summed E-state index contributed by atoms with van der Waals surface area (Å²) in [5.74, 6) is 1.05. The Morgan fingerprint density at radius 2 is 2.00 bits per heavy atom. The van der Waals surface area contributed by atoms with Crippen LogP contribution in [-0.2, 0) is 13.0 Å². The Morgan fingerprint density at radius 1 is 1.21 bits per heavy atom. The molecule has 2 aliphatic rings. The van der Waals surface area contributed by atoms with Gasteiger partial charge in [-0.2, -0.15) is 0 Å². The highest BCUT2D eigenvalue weighted by atomic mass is 35.5. The summed E-state index contributed by atoms with van der Waals surface area (Å²) in [7, 11) is 2.18. The van der Waals surface area contributed by atoms with Crippen molar-refractivity contribution in [1.82, 2.24) is 10.2 Å². The fraction of sp³-hybridized carbons (Fsp3) is 0.600. The van der Waals surface area contributed by atoms with Gasteiger partial charge in [-0.25, -0.2) is 0 Å². The van der Waals surface area contributed by atoms with E-state index in [9.17, 15) is 0 Å². The van der Waals surface area contributed by atoms with E-state index in [0.29, 0.717) is 6.10 Å². The van der Waals surface area contributed by atoms with Crippen LogP contribution >= 0.6 is 12.4 Å². The Labute approximate surface area is 121 Å². The summed E-state index contributed by atoms with van der Waals surface area (Å²) >= 11 is 0. The highest BCUT2D eigenvalue weighted by molar-refractivity contribution is 5.85. The van der Waals surface area contributed by atoms with Gasteiger partial charge in [-0.1, -0.05) is 6.07 Å². The molecule has 0 radical (unpaired) electrons. The summed E-state index contributed by atoms with van der Waals surface area (Å²) in [5.41, 5.74) is 2.89. The zero-order chi connectivity index (χ0) is 12.4. The van der Waals surface area contributed by atoms with Crippen molar-refractivity contribution in [3.8, 4) is 5.75 Å². The molecule has 0 aromatic heterocycles. The van der Waals surface area contributed by atoms with E-state index in [0.717, 1.165) is 51.2 Å². The SMILES string of the molecule is CN1CCC(Oc2ccc3c(c2)CNCC3)CC1.Cl. The third kappa shape index (κ3) is 3.62. The van der Waals surface area contributed by atoms with Crippen LogP contribution in [0.3, 0.4) is 0 Å². The summed E-state index contributed by atoms with van der Waals surface area (Å²) in [5, 5.41) is 3.42. The lowest BCUT2D eigenvalue weighted by atomic mass is 10.0. The summed E-state index contributed by atoms with van der Waals surface area (Å²) in [6.07, 6.45) is 3.83. The first-order valence-corrected chi connectivity index (χ1v) is 6.99. The van der Waals surface area contributed by atoms with Crippen LogP contribution < -0.4 is 10.1 Å². The van der Waals surface area contributed by atoms with Crippen LogP contribution in [0.1, 0.15) is 24.0 Å². The number of likely N-dealkylation sites (tertiary alicyclic amines) is 1. The standard InChI is InChI=1S/C15H22N2O.ClH/c1-17-8-5-14(6-9-17)18-15-3-2-12-4-7-16-11-13(12)10-15;/h2-3,10,14,16H,4-9,11H2,1H3;1H. The monoisotopic (exact) mass is 282 g/mol. The Bertz CT molecular complexity index is 417. The van der Waals surface area contributed by atoms with Crippen LogP contribution in [0.5, 0.6) is 5.75 Å². The van der Waals surface area contributed by atoms with Crippen molar-refractivity contribution in [1.29, 1.82) is 0 Å². The fourth-order valence-electron chi connectivity index (χ4n) is 2.83. The van der Waals surface area contributed by atoms with Gasteiger partial charge in [0.1, 0.15) is 11.9 Å². The third-order valence-electron chi connectivity index (χ3n) is 4.03. The number of hydrogen-bond donors (Lipinski definition) is 1. The van der Waals surface area contributed by atoms with Gasteiger partial charge in [0.2, 0.25) is 0 Å². The van der Waals surface area contributed by atoms with Gasteiger partial charge in [0.15, 0.2) is 0 Å². The second-order valence-corrected chi connectivity index (χ2v) is 5.48. The molecule has 0 amide bonds. The van der Waals surface area contributed by atoms with E-state index in [1.54, 1.807) is 0 Å². The second-order valence-electron chi connectivity index (χ2n) is 5.48. The number of halogens is 1. The number of piperidine rings is 1. The minimum atomic E-state index is 0. The molecule has 106 valence electrons. The van der Waals surface area contributed by atoms with E-state index in [-0.39, 0.29) is 12.4 Å². The summed E-state index contributed by atoms with van der Waals surface area (Å²) in [6, 6.07) is 6.60. The predicted molar refractivity (Wildman–Crippen MR) is 80.2 cm³/mol. The first kappa shape index (κ1) is 14.6. The molecule has 0 bridgehead atoms. The lowest BCUT2D eigenvalue weighted by Crippen LogP contribution is -2.35. The average molecular weight is 283 g/mol. The van der Waals surface area contributed by atoms with Gasteiger partial charge >= 0.3 is 0 Å². The highest BCUT2D eigenvalue weighted by Gasteiger charge is 2.18. The molecular weight excluding hydrogens is 260 g/mol. The van der Waals surface area contributed by atoms with Crippen LogP contribution in [0.4, 0.5) is 0 Å². The van der Waals surface area contributed by atoms with E-state index in [1.807, 2.05) is 0 Å². The number of fused-ring (bicyclic) bond motifs is 1. The van der Waals surface area contributed by atoms with E-state index >= 15 is 0 Å². The number of nitrogens with zero attached hydrogens (tertiary/aromatic N) is 1. The van der Waals surface area contributed by atoms with Gasteiger partial charge < -0.3 is 15.0 Å². The van der Waals surface area contributed by atoms with Crippen LogP contribution in [0.25, 0.3) is 0 Å². The third-order valence-corrected chi connectivity index (χ3v) is 4.03. The molecule has 3 rings (SSSR count). The molecule has 1 saturated heterocycles. The van der Waals surface area contributed by atoms with Gasteiger partial charge in [0.05, 0.1) is 0 Å². The largest absolute Gasteiger partial charge is 0.490 e. The van der Waals surface area contributed by atoms with E-state index in [1.165, 1.54) is 11.1 Å². The van der Waals surface area contributed by atoms with Crippen molar-refractivity contribution >= 4 is 12.4 Å². The van der Waals surface area contributed by atoms with Gasteiger partial charge in [0, 0.05) is 19.6 Å². The van der Waals surface area contributed by atoms with E-state index in [4.69, 9.17) is 4.74 Å². The van der Waals surface area contributed by atoms with Gasteiger partial charge in [-0.05, 0) is 56.1 Å². The van der Waals surface area contributed by atoms with Crippen molar-refractivity contribution in [2.45, 2.75) is 31.9 Å². The molecule has 1 fully saturated rings. The van der Waals surface area contributed by atoms with Crippen molar-refractivity contribution in [2.24, 2.45) is 0 Å². The number of hydrogen-bond acceptors (Lipinski definition) is 3. The Balaban J connectivity index is 0.00000133. The van der Waals surface area contributed by atoms with Crippen LogP contribution in [0.15, 0.2) is 18.2 Å². The van der Waals surface area contributed by atoms with Crippen LogP contribution in [-0.4, -0.2) is 37.7 Å². The minimum absolute atomic E-state index is 0. The minimum Gasteiger partial charge on any atom is -0.490 e. The van der Waals surface area contributed by atoms with E-state index in [2.05, 4.69) is 35.5 Å².